The average molecular weight is 334 g/mol. The minimum atomic E-state index is -1.36. The number of Topliss-reactive ketones (excluding diaryl/α,β-unsaturated/α-hetero) is 1. The van der Waals surface area contributed by atoms with Crippen LogP contribution in [0.2, 0.25) is 0 Å². The van der Waals surface area contributed by atoms with Crippen molar-refractivity contribution in [3.05, 3.63) is 24.3 Å². The number of carbonyl (C=O) groups is 1. The van der Waals surface area contributed by atoms with Crippen LogP contribution in [0.15, 0.2) is 24.3 Å². The van der Waals surface area contributed by atoms with Gasteiger partial charge in [-0.25, -0.2) is 0 Å². The summed E-state index contributed by atoms with van der Waals surface area (Å²) in [5.74, 6) is 2.35. The SMILES string of the molecule is C=C(C(O)C=CC(C)(O)CO)C1CC(=O)C2(C)C3CCC(C)C3C12. The fourth-order valence-electron chi connectivity index (χ4n) is 5.74. The van der Waals surface area contributed by atoms with Crippen molar-refractivity contribution in [3.8, 4) is 0 Å². The zero-order valence-electron chi connectivity index (χ0n) is 14.9. The van der Waals surface area contributed by atoms with E-state index in [1.807, 2.05) is 0 Å². The average Bonchev–Trinajstić information content (AvgIpc) is 2.97. The number of rotatable bonds is 5. The van der Waals surface area contributed by atoms with Crippen LogP contribution < -0.4 is 0 Å². The lowest BCUT2D eigenvalue weighted by Crippen LogP contribution is -2.56. The van der Waals surface area contributed by atoms with Crippen LogP contribution in [0.25, 0.3) is 0 Å². The Morgan fingerprint density at radius 2 is 2.17 bits per heavy atom. The van der Waals surface area contributed by atoms with Crippen molar-refractivity contribution in [2.75, 3.05) is 6.61 Å². The summed E-state index contributed by atoms with van der Waals surface area (Å²) in [6.07, 6.45) is 4.79. The van der Waals surface area contributed by atoms with Crippen LogP contribution in [0.4, 0.5) is 0 Å². The third-order valence-corrected chi connectivity index (χ3v) is 7.19. The van der Waals surface area contributed by atoms with Gasteiger partial charge in [0.15, 0.2) is 0 Å². The van der Waals surface area contributed by atoms with Gasteiger partial charge in [-0.05, 0) is 48.5 Å². The van der Waals surface area contributed by atoms with E-state index < -0.39 is 18.3 Å². The number of ketones is 1. The van der Waals surface area contributed by atoms with Gasteiger partial charge in [-0.2, -0.15) is 0 Å². The molecule has 0 aromatic rings. The molecular weight excluding hydrogens is 304 g/mol. The normalized spacial score (nSPS) is 44.8. The van der Waals surface area contributed by atoms with Crippen molar-refractivity contribution in [1.29, 1.82) is 0 Å². The van der Waals surface area contributed by atoms with E-state index in [1.54, 1.807) is 0 Å². The molecule has 134 valence electrons. The first kappa shape index (κ1) is 17.8. The smallest absolute Gasteiger partial charge is 0.139 e. The third kappa shape index (κ3) is 2.42. The number of hydrogen-bond donors (Lipinski definition) is 3. The molecule has 4 nitrogen and oxygen atoms in total. The first-order valence-corrected chi connectivity index (χ1v) is 9.06. The van der Waals surface area contributed by atoms with Crippen LogP contribution in [0.5, 0.6) is 0 Å². The van der Waals surface area contributed by atoms with Gasteiger partial charge >= 0.3 is 0 Å². The summed E-state index contributed by atoms with van der Waals surface area (Å²) in [6.45, 7) is 9.55. The summed E-state index contributed by atoms with van der Waals surface area (Å²) in [6, 6.07) is 0. The van der Waals surface area contributed by atoms with E-state index in [1.165, 1.54) is 25.5 Å². The first-order chi connectivity index (χ1) is 11.1. The minimum Gasteiger partial charge on any atom is -0.393 e. The van der Waals surface area contributed by atoms with Crippen LogP contribution in [0.3, 0.4) is 0 Å². The van der Waals surface area contributed by atoms with Gasteiger partial charge in [0, 0.05) is 11.8 Å². The fourth-order valence-corrected chi connectivity index (χ4v) is 5.74. The second-order valence-electron chi connectivity index (χ2n) is 8.67. The molecule has 0 aromatic heterocycles. The second-order valence-corrected chi connectivity index (χ2v) is 8.67. The van der Waals surface area contributed by atoms with E-state index in [9.17, 15) is 15.0 Å². The van der Waals surface area contributed by atoms with Gasteiger partial charge in [-0.3, -0.25) is 4.79 Å². The van der Waals surface area contributed by atoms with Gasteiger partial charge in [0.2, 0.25) is 0 Å². The maximum Gasteiger partial charge on any atom is 0.139 e. The van der Waals surface area contributed by atoms with E-state index in [4.69, 9.17) is 5.11 Å². The maximum absolute atomic E-state index is 12.7. The van der Waals surface area contributed by atoms with Crippen LogP contribution in [0.1, 0.15) is 40.0 Å². The lowest BCUT2D eigenvalue weighted by molar-refractivity contribution is -0.149. The van der Waals surface area contributed by atoms with E-state index in [0.717, 1.165) is 6.42 Å². The highest BCUT2D eigenvalue weighted by atomic mass is 16.3. The van der Waals surface area contributed by atoms with Crippen molar-refractivity contribution < 1.29 is 20.1 Å². The number of aliphatic hydroxyl groups is 3. The molecule has 3 N–H and O–H groups in total. The molecule has 0 aromatic carbocycles. The van der Waals surface area contributed by atoms with E-state index >= 15 is 0 Å². The quantitative estimate of drug-likeness (QED) is 0.673. The zero-order valence-corrected chi connectivity index (χ0v) is 14.9. The molecular formula is C20H30O4. The van der Waals surface area contributed by atoms with Crippen LogP contribution >= 0.6 is 0 Å². The molecule has 3 fully saturated rings. The Labute approximate surface area is 144 Å². The third-order valence-electron chi connectivity index (χ3n) is 7.19. The number of fused-ring (bicyclic) bond motifs is 4. The molecule has 4 heteroatoms. The number of carbonyl (C=O) groups excluding carboxylic acids is 1. The standard InChI is InChI=1S/C20H30O4/c1-11-5-6-14-17(11)18-13(9-16(23)20(14,18)4)12(2)15(22)7-8-19(3,24)10-21/h7-8,11,13-15,17-18,21-22,24H,2,5-6,9-10H2,1,3-4H3. The first-order valence-electron chi connectivity index (χ1n) is 9.06. The molecule has 8 unspecified atom stereocenters. The highest BCUT2D eigenvalue weighted by Gasteiger charge is 2.71. The van der Waals surface area contributed by atoms with E-state index in [0.29, 0.717) is 41.4 Å². The highest BCUT2D eigenvalue weighted by Crippen LogP contribution is 2.72. The Morgan fingerprint density at radius 1 is 1.50 bits per heavy atom. The molecule has 8 atom stereocenters. The van der Waals surface area contributed by atoms with Crippen LogP contribution in [0, 0.1) is 35.0 Å². The topological polar surface area (TPSA) is 77.8 Å². The Balaban J connectivity index is 1.78. The molecule has 0 aliphatic heterocycles. The van der Waals surface area contributed by atoms with Gasteiger partial charge in [0.1, 0.15) is 11.4 Å². The molecule has 3 aliphatic carbocycles. The summed E-state index contributed by atoms with van der Waals surface area (Å²) in [5.41, 5.74) is -0.925. The molecule has 0 amide bonds. The molecule has 3 rings (SSSR count). The lowest BCUT2D eigenvalue weighted by Gasteiger charge is -2.56. The van der Waals surface area contributed by atoms with Gasteiger partial charge < -0.3 is 15.3 Å². The lowest BCUT2D eigenvalue weighted by atomic mass is 9.46. The molecule has 0 heterocycles. The predicted molar refractivity (Wildman–Crippen MR) is 92.1 cm³/mol. The maximum atomic E-state index is 12.7. The van der Waals surface area contributed by atoms with Crippen LogP contribution in [-0.2, 0) is 4.79 Å². The second kappa shape index (κ2) is 5.79. The zero-order chi connectivity index (χ0) is 17.9. The Bertz CT molecular complexity index is 578. The van der Waals surface area contributed by atoms with Gasteiger partial charge in [-0.15, -0.1) is 0 Å². The molecule has 24 heavy (non-hydrogen) atoms. The monoisotopic (exact) mass is 334 g/mol. The van der Waals surface area contributed by atoms with Gasteiger partial charge in [-0.1, -0.05) is 39.0 Å². The van der Waals surface area contributed by atoms with E-state index in [2.05, 4.69) is 20.4 Å². The largest absolute Gasteiger partial charge is 0.393 e. The highest BCUT2D eigenvalue weighted by molar-refractivity contribution is 5.90. The Hall–Kier alpha value is -0.970. The Morgan fingerprint density at radius 3 is 2.79 bits per heavy atom. The molecule has 0 bridgehead atoms. The van der Waals surface area contributed by atoms with Crippen molar-refractivity contribution in [2.24, 2.45) is 35.0 Å². The molecule has 0 radical (unpaired) electrons. The molecule has 3 aliphatic rings. The summed E-state index contributed by atoms with van der Waals surface area (Å²) in [7, 11) is 0. The van der Waals surface area contributed by atoms with Crippen molar-refractivity contribution in [1.82, 2.24) is 0 Å². The van der Waals surface area contributed by atoms with E-state index in [-0.39, 0.29) is 11.3 Å². The summed E-state index contributed by atoms with van der Waals surface area (Å²) >= 11 is 0. The molecule has 3 saturated carbocycles. The predicted octanol–water partition coefficient (Wildman–Crippen LogP) is 2.09. The van der Waals surface area contributed by atoms with Crippen molar-refractivity contribution in [2.45, 2.75) is 51.7 Å². The Kier molecular flexibility index (Phi) is 4.30. The summed E-state index contributed by atoms with van der Waals surface area (Å²) in [5, 5.41) is 29.4. The fraction of sp³-hybridized carbons (Fsp3) is 0.750. The number of aliphatic hydroxyl groups excluding tert-OH is 2. The molecule has 0 spiro atoms. The van der Waals surface area contributed by atoms with Crippen molar-refractivity contribution >= 4 is 5.78 Å². The minimum absolute atomic E-state index is 0.0167. The van der Waals surface area contributed by atoms with Crippen LogP contribution in [-0.4, -0.2) is 39.4 Å². The van der Waals surface area contributed by atoms with Crippen molar-refractivity contribution in [3.63, 3.8) is 0 Å². The number of hydrogen-bond acceptors (Lipinski definition) is 4. The van der Waals surface area contributed by atoms with Gasteiger partial charge in [0.25, 0.3) is 0 Å². The summed E-state index contributed by atoms with van der Waals surface area (Å²) in [4.78, 5) is 12.7. The van der Waals surface area contributed by atoms with Gasteiger partial charge in [0.05, 0.1) is 12.7 Å². The molecule has 0 saturated heterocycles. The summed E-state index contributed by atoms with van der Waals surface area (Å²) < 4.78 is 0.